The van der Waals surface area contributed by atoms with Crippen molar-refractivity contribution in [2.75, 3.05) is 20.1 Å². The topological polar surface area (TPSA) is 50.2 Å². The van der Waals surface area contributed by atoms with Gasteiger partial charge in [-0.15, -0.1) is 0 Å². The molecule has 1 saturated heterocycles. The molecule has 1 unspecified atom stereocenters. The molecule has 0 spiro atoms. The van der Waals surface area contributed by atoms with Gasteiger partial charge in [-0.3, -0.25) is 4.79 Å². The van der Waals surface area contributed by atoms with Crippen molar-refractivity contribution in [1.82, 2.24) is 20.0 Å². The lowest BCUT2D eigenvalue weighted by Crippen LogP contribution is -2.47. The smallest absolute Gasteiger partial charge is 0.257 e. The van der Waals surface area contributed by atoms with Crippen molar-refractivity contribution in [3.05, 3.63) is 46.7 Å². The molecule has 1 aliphatic heterocycles. The number of hydrogen-bond acceptors (Lipinski definition) is 3. The van der Waals surface area contributed by atoms with Gasteiger partial charge in [-0.25, -0.2) is 4.68 Å². The monoisotopic (exact) mass is 332 g/mol. The van der Waals surface area contributed by atoms with Crippen molar-refractivity contribution in [3.8, 4) is 5.69 Å². The number of hydrogen-bond donors (Lipinski definition) is 1. The van der Waals surface area contributed by atoms with Gasteiger partial charge >= 0.3 is 0 Å². The third-order valence-electron chi connectivity index (χ3n) is 4.41. The van der Waals surface area contributed by atoms with Crippen molar-refractivity contribution in [2.24, 2.45) is 0 Å². The summed E-state index contributed by atoms with van der Waals surface area (Å²) in [5.74, 6) is 0.0516. The Balaban J connectivity index is 1.85. The van der Waals surface area contributed by atoms with Crippen LogP contribution in [0.4, 0.5) is 0 Å². The molecule has 1 aliphatic rings. The van der Waals surface area contributed by atoms with Crippen molar-refractivity contribution in [2.45, 2.75) is 25.8 Å². The molecule has 2 aromatic rings. The van der Waals surface area contributed by atoms with E-state index in [-0.39, 0.29) is 5.91 Å². The third kappa shape index (κ3) is 3.26. The Morgan fingerprint density at radius 3 is 3.00 bits per heavy atom. The van der Waals surface area contributed by atoms with Gasteiger partial charge in [-0.2, -0.15) is 5.10 Å². The van der Waals surface area contributed by atoms with E-state index in [0.29, 0.717) is 16.6 Å². The van der Waals surface area contributed by atoms with Gasteiger partial charge in [-0.05, 0) is 45.0 Å². The van der Waals surface area contributed by atoms with Crippen LogP contribution in [0.5, 0.6) is 0 Å². The Morgan fingerprint density at radius 1 is 1.43 bits per heavy atom. The van der Waals surface area contributed by atoms with E-state index in [1.807, 2.05) is 43.1 Å². The zero-order valence-corrected chi connectivity index (χ0v) is 14.2. The van der Waals surface area contributed by atoms with Crippen LogP contribution in [0.1, 0.15) is 28.9 Å². The zero-order chi connectivity index (χ0) is 16.4. The van der Waals surface area contributed by atoms with E-state index >= 15 is 0 Å². The predicted octanol–water partition coefficient (Wildman–Crippen LogP) is 2.66. The maximum Gasteiger partial charge on any atom is 0.257 e. The molecule has 0 bridgehead atoms. The molecule has 122 valence electrons. The Labute approximate surface area is 141 Å². The van der Waals surface area contributed by atoms with Crippen LogP contribution in [0, 0.1) is 6.92 Å². The van der Waals surface area contributed by atoms with Crippen LogP contribution >= 0.6 is 11.6 Å². The molecule has 23 heavy (non-hydrogen) atoms. The third-order valence-corrected chi connectivity index (χ3v) is 4.64. The molecule has 6 heteroatoms. The van der Waals surface area contributed by atoms with E-state index in [2.05, 4.69) is 10.4 Å². The average molecular weight is 333 g/mol. The highest BCUT2D eigenvalue weighted by Gasteiger charge is 2.26. The summed E-state index contributed by atoms with van der Waals surface area (Å²) < 4.78 is 1.76. The van der Waals surface area contributed by atoms with E-state index in [0.717, 1.165) is 37.3 Å². The summed E-state index contributed by atoms with van der Waals surface area (Å²) in [6, 6.07) is 7.84. The number of piperidine rings is 1. The summed E-state index contributed by atoms with van der Waals surface area (Å²) in [5, 5.41) is 8.29. The maximum atomic E-state index is 12.8. The van der Waals surface area contributed by atoms with Gasteiger partial charge in [0.1, 0.15) is 0 Å². The Bertz CT molecular complexity index is 712. The fourth-order valence-electron chi connectivity index (χ4n) is 3.06. The minimum atomic E-state index is 0.0516. The average Bonchev–Trinajstić information content (AvgIpc) is 2.96. The van der Waals surface area contributed by atoms with Crippen molar-refractivity contribution in [1.29, 1.82) is 0 Å². The van der Waals surface area contributed by atoms with Gasteiger partial charge in [0.15, 0.2) is 0 Å². The highest BCUT2D eigenvalue weighted by atomic mass is 35.5. The van der Waals surface area contributed by atoms with E-state index in [4.69, 9.17) is 11.6 Å². The number of likely N-dealkylation sites (tertiary alicyclic amines) is 1. The number of halogens is 1. The van der Waals surface area contributed by atoms with Gasteiger partial charge in [0.2, 0.25) is 0 Å². The molecule has 0 aliphatic carbocycles. The van der Waals surface area contributed by atoms with Gasteiger partial charge in [0, 0.05) is 24.2 Å². The lowest BCUT2D eigenvalue weighted by Gasteiger charge is -2.32. The number of benzene rings is 1. The summed E-state index contributed by atoms with van der Waals surface area (Å²) in [4.78, 5) is 14.7. The van der Waals surface area contributed by atoms with E-state index in [1.165, 1.54) is 0 Å². The number of rotatable bonds is 3. The first-order valence-electron chi connectivity index (χ1n) is 7.87. The SMILES string of the molecule is CNC1CCCN(C(=O)c2cnn(-c3cccc(Cl)c3)c2C)C1. The molecule has 5 nitrogen and oxygen atoms in total. The van der Waals surface area contributed by atoms with E-state index in [1.54, 1.807) is 10.9 Å². The van der Waals surface area contributed by atoms with Gasteiger partial charge < -0.3 is 10.2 Å². The summed E-state index contributed by atoms with van der Waals surface area (Å²) >= 11 is 6.05. The largest absolute Gasteiger partial charge is 0.337 e. The van der Waals surface area contributed by atoms with Gasteiger partial charge in [0.25, 0.3) is 5.91 Å². The zero-order valence-electron chi connectivity index (χ0n) is 13.4. The van der Waals surface area contributed by atoms with Crippen LogP contribution in [0.3, 0.4) is 0 Å². The summed E-state index contributed by atoms with van der Waals surface area (Å²) in [5.41, 5.74) is 2.35. The molecule has 1 aromatic heterocycles. The fourth-order valence-corrected chi connectivity index (χ4v) is 3.24. The lowest BCUT2D eigenvalue weighted by atomic mass is 10.0. The molecule has 1 fully saturated rings. The summed E-state index contributed by atoms with van der Waals surface area (Å²) in [6.07, 6.45) is 3.79. The first-order chi connectivity index (χ1) is 11.1. The van der Waals surface area contributed by atoms with Crippen LogP contribution in [-0.2, 0) is 0 Å². The first kappa shape index (κ1) is 16.0. The number of likely N-dealkylation sites (N-methyl/N-ethyl adjacent to an activating group) is 1. The van der Waals surface area contributed by atoms with Crippen molar-refractivity contribution < 1.29 is 4.79 Å². The normalized spacial score (nSPS) is 18.2. The number of aromatic nitrogens is 2. The highest BCUT2D eigenvalue weighted by molar-refractivity contribution is 6.30. The van der Waals surface area contributed by atoms with Crippen LogP contribution < -0.4 is 5.32 Å². The Kier molecular flexibility index (Phi) is 4.68. The highest BCUT2D eigenvalue weighted by Crippen LogP contribution is 2.20. The van der Waals surface area contributed by atoms with E-state index < -0.39 is 0 Å². The second kappa shape index (κ2) is 6.72. The molecular formula is C17H21ClN4O. The van der Waals surface area contributed by atoms with Crippen molar-refractivity contribution in [3.63, 3.8) is 0 Å². The summed E-state index contributed by atoms with van der Waals surface area (Å²) in [7, 11) is 1.95. The van der Waals surface area contributed by atoms with Gasteiger partial charge in [-0.1, -0.05) is 17.7 Å². The lowest BCUT2D eigenvalue weighted by molar-refractivity contribution is 0.0697. The second-order valence-electron chi connectivity index (χ2n) is 5.91. The molecule has 0 radical (unpaired) electrons. The quantitative estimate of drug-likeness (QED) is 0.940. The molecule has 1 atom stereocenters. The minimum absolute atomic E-state index is 0.0516. The molecule has 1 amide bonds. The molecule has 3 rings (SSSR count). The second-order valence-corrected chi connectivity index (χ2v) is 6.35. The van der Waals surface area contributed by atoms with Crippen molar-refractivity contribution >= 4 is 17.5 Å². The standard InChI is InChI=1S/C17H21ClN4O/c1-12-16(17(23)21-8-4-6-14(11-21)19-2)10-20-22(12)15-7-3-5-13(18)9-15/h3,5,7,9-10,14,19H,4,6,8,11H2,1-2H3. The summed E-state index contributed by atoms with van der Waals surface area (Å²) in [6.45, 7) is 3.47. The predicted molar refractivity (Wildman–Crippen MR) is 91.3 cm³/mol. The number of amides is 1. The Morgan fingerprint density at radius 2 is 2.26 bits per heavy atom. The molecule has 0 saturated carbocycles. The number of carbonyl (C=O) groups is 1. The van der Waals surface area contributed by atoms with Crippen LogP contribution in [0.2, 0.25) is 5.02 Å². The van der Waals surface area contributed by atoms with Crippen LogP contribution in [0.25, 0.3) is 5.69 Å². The molecular weight excluding hydrogens is 312 g/mol. The molecule has 2 heterocycles. The Hall–Kier alpha value is -1.85. The van der Waals surface area contributed by atoms with Crippen LogP contribution in [0.15, 0.2) is 30.5 Å². The number of carbonyl (C=O) groups excluding carboxylic acids is 1. The molecule has 1 N–H and O–H groups in total. The van der Waals surface area contributed by atoms with Crippen LogP contribution in [-0.4, -0.2) is 46.8 Å². The number of nitrogens with one attached hydrogen (secondary N) is 1. The molecule has 1 aromatic carbocycles. The fraction of sp³-hybridized carbons (Fsp3) is 0.412. The minimum Gasteiger partial charge on any atom is -0.337 e. The number of nitrogens with zero attached hydrogens (tertiary/aromatic N) is 3. The first-order valence-corrected chi connectivity index (χ1v) is 8.25. The van der Waals surface area contributed by atoms with Gasteiger partial charge in [0.05, 0.1) is 23.1 Å². The maximum absolute atomic E-state index is 12.8. The van der Waals surface area contributed by atoms with E-state index in [9.17, 15) is 4.79 Å².